The van der Waals surface area contributed by atoms with Gasteiger partial charge in [-0.25, -0.2) is 0 Å². The van der Waals surface area contributed by atoms with Gasteiger partial charge in [-0.05, 0) is 36.4 Å². The zero-order valence-electron chi connectivity index (χ0n) is 17.6. The van der Waals surface area contributed by atoms with Gasteiger partial charge in [0.15, 0.2) is 0 Å². The van der Waals surface area contributed by atoms with Gasteiger partial charge < -0.3 is 23.7 Å². The summed E-state index contributed by atoms with van der Waals surface area (Å²) < 4.78 is 16.5. The van der Waals surface area contributed by atoms with Crippen molar-refractivity contribution >= 4 is 23.7 Å². The van der Waals surface area contributed by atoms with Gasteiger partial charge in [0, 0.05) is 43.5 Å². The van der Waals surface area contributed by atoms with E-state index in [0.717, 1.165) is 48.9 Å². The molecule has 1 aromatic heterocycles. The first kappa shape index (κ1) is 20.4. The van der Waals surface area contributed by atoms with Crippen LogP contribution in [0.4, 0.5) is 11.6 Å². The number of para-hydroxylation sites is 1. The fourth-order valence-corrected chi connectivity index (χ4v) is 3.61. The first-order chi connectivity index (χ1) is 15.2. The molecule has 158 valence electrons. The van der Waals surface area contributed by atoms with Crippen molar-refractivity contribution in [1.29, 1.82) is 5.26 Å². The van der Waals surface area contributed by atoms with Crippen molar-refractivity contribution in [1.82, 2.24) is 4.98 Å². The van der Waals surface area contributed by atoms with Gasteiger partial charge in [0.05, 0.1) is 14.2 Å². The topological polar surface area (TPSA) is 74.8 Å². The largest absolute Gasteiger partial charge is 0.497 e. The molecular weight excluding hydrogens is 392 g/mol. The van der Waals surface area contributed by atoms with Crippen LogP contribution in [-0.4, -0.2) is 45.4 Å². The Balaban J connectivity index is 1.46. The van der Waals surface area contributed by atoms with Gasteiger partial charge in [0.2, 0.25) is 17.5 Å². The van der Waals surface area contributed by atoms with Crippen LogP contribution in [0.1, 0.15) is 17.1 Å². The standard InChI is InChI=1S/C24H24N4O3/c1-29-20-10-8-19(9-11-20)27-13-15-28(16-14-27)24-21(17-25)26-23(31-24)12-7-18-5-3-4-6-22(18)30-2/h3-12H,13-16H2,1-2H3/b12-7+. The van der Waals surface area contributed by atoms with Crippen molar-refractivity contribution in [2.24, 2.45) is 0 Å². The Bertz CT molecular complexity index is 1090. The Hall–Kier alpha value is -3.92. The van der Waals surface area contributed by atoms with Crippen molar-refractivity contribution in [3.05, 3.63) is 65.7 Å². The van der Waals surface area contributed by atoms with Crippen LogP contribution in [0.5, 0.6) is 11.5 Å². The van der Waals surface area contributed by atoms with Crippen LogP contribution in [0.2, 0.25) is 0 Å². The van der Waals surface area contributed by atoms with E-state index in [1.807, 2.05) is 42.5 Å². The second-order valence-electron chi connectivity index (χ2n) is 7.07. The molecular formula is C24H24N4O3. The molecule has 4 rings (SSSR count). The quantitative estimate of drug-likeness (QED) is 0.600. The normalized spacial score (nSPS) is 14.0. The van der Waals surface area contributed by atoms with Gasteiger partial charge in [0.1, 0.15) is 17.6 Å². The number of ether oxygens (including phenoxy) is 2. The molecule has 1 aliphatic rings. The molecule has 0 N–H and O–H groups in total. The molecule has 0 radical (unpaired) electrons. The predicted octanol–water partition coefficient (Wildman–Crippen LogP) is 4.06. The third-order valence-electron chi connectivity index (χ3n) is 5.28. The van der Waals surface area contributed by atoms with Crippen LogP contribution in [0.3, 0.4) is 0 Å². The van der Waals surface area contributed by atoms with Crippen LogP contribution < -0.4 is 19.3 Å². The van der Waals surface area contributed by atoms with Gasteiger partial charge in [-0.1, -0.05) is 18.2 Å². The highest BCUT2D eigenvalue weighted by Crippen LogP contribution is 2.27. The molecule has 2 aromatic carbocycles. The number of nitriles is 1. The number of hydrogen-bond acceptors (Lipinski definition) is 7. The van der Waals surface area contributed by atoms with Gasteiger partial charge in [-0.2, -0.15) is 10.2 Å². The molecule has 31 heavy (non-hydrogen) atoms. The van der Waals surface area contributed by atoms with E-state index in [1.165, 1.54) is 0 Å². The lowest BCUT2D eigenvalue weighted by Crippen LogP contribution is -2.46. The average Bonchev–Trinajstić information content (AvgIpc) is 3.26. The summed E-state index contributed by atoms with van der Waals surface area (Å²) in [6.07, 6.45) is 3.63. The summed E-state index contributed by atoms with van der Waals surface area (Å²) >= 11 is 0. The second kappa shape index (κ2) is 9.26. The molecule has 0 aliphatic carbocycles. The summed E-state index contributed by atoms with van der Waals surface area (Å²) in [4.78, 5) is 8.73. The maximum atomic E-state index is 9.54. The number of rotatable bonds is 6. The van der Waals surface area contributed by atoms with E-state index < -0.39 is 0 Å². The van der Waals surface area contributed by atoms with Crippen LogP contribution in [0, 0.1) is 11.3 Å². The van der Waals surface area contributed by atoms with Crippen molar-refractivity contribution < 1.29 is 13.9 Å². The number of oxazole rings is 1. The number of nitrogens with zero attached hydrogens (tertiary/aromatic N) is 4. The summed E-state index contributed by atoms with van der Waals surface area (Å²) in [6, 6.07) is 17.9. The first-order valence-electron chi connectivity index (χ1n) is 10.1. The molecule has 1 saturated heterocycles. The monoisotopic (exact) mass is 416 g/mol. The van der Waals surface area contributed by atoms with Gasteiger partial charge in [-0.15, -0.1) is 0 Å². The molecule has 0 unspecified atom stereocenters. The fourth-order valence-electron chi connectivity index (χ4n) is 3.61. The Morgan fingerprint density at radius 2 is 1.65 bits per heavy atom. The van der Waals surface area contributed by atoms with Crippen LogP contribution in [0.25, 0.3) is 12.2 Å². The van der Waals surface area contributed by atoms with Gasteiger partial charge in [0.25, 0.3) is 0 Å². The van der Waals surface area contributed by atoms with Crippen LogP contribution in [-0.2, 0) is 0 Å². The third kappa shape index (κ3) is 4.48. The summed E-state index contributed by atoms with van der Waals surface area (Å²) in [5.74, 6) is 2.53. The van der Waals surface area contributed by atoms with Crippen molar-refractivity contribution in [3.8, 4) is 17.6 Å². The zero-order chi connectivity index (χ0) is 21.6. The van der Waals surface area contributed by atoms with Crippen LogP contribution in [0.15, 0.2) is 52.9 Å². The van der Waals surface area contributed by atoms with Crippen molar-refractivity contribution in [2.75, 3.05) is 50.2 Å². The molecule has 1 fully saturated rings. The summed E-state index contributed by atoms with van der Waals surface area (Å²) in [5, 5.41) is 9.54. The summed E-state index contributed by atoms with van der Waals surface area (Å²) in [5.41, 5.74) is 2.37. The Morgan fingerprint density at radius 1 is 0.935 bits per heavy atom. The highest BCUT2D eigenvalue weighted by molar-refractivity contribution is 5.70. The SMILES string of the molecule is COc1ccc(N2CCN(c3oc(/C=C/c4ccccc4OC)nc3C#N)CC2)cc1. The Morgan fingerprint density at radius 3 is 2.32 bits per heavy atom. The molecule has 7 heteroatoms. The fraction of sp³-hybridized carbons (Fsp3) is 0.250. The molecule has 3 aromatic rings. The van der Waals surface area contributed by atoms with E-state index in [2.05, 4.69) is 33.0 Å². The highest BCUT2D eigenvalue weighted by atomic mass is 16.5. The maximum absolute atomic E-state index is 9.54. The molecule has 7 nitrogen and oxygen atoms in total. The minimum atomic E-state index is 0.303. The predicted molar refractivity (Wildman–Crippen MR) is 121 cm³/mol. The minimum absolute atomic E-state index is 0.303. The van der Waals surface area contributed by atoms with Gasteiger partial charge in [-0.3, -0.25) is 0 Å². The zero-order valence-corrected chi connectivity index (χ0v) is 17.6. The van der Waals surface area contributed by atoms with E-state index in [0.29, 0.717) is 17.5 Å². The first-order valence-corrected chi connectivity index (χ1v) is 10.1. The van der Waals surface area contributed by atoms with E-state index >= 15 is 0 Å². The van der Waals surface area contributed by atoms with E-state index in [9.17, 15) is 5.26 Å². The molecule has 0 saturated carbocycles. The van der Waals surface area contributed by atoms with E-state index in [4.69, 9.17) is 13.9 Å². The second-order valence-corrected chi connectivity index (χ2v) is 7.07. The van der Waals surface area contributed by atoms with Crippen molar-refractivity contribution in [3.63, 3.8) is 0 Å². The number of anilines is 2. The summed E-state index contributed by atoms with van der Waals surface area (Å²) in [7, 11) is 3.30. The lowest BCUT2D eigenvalue weighted by Gasteiger charge is -2.35. The van der Waals surface area contributed by atoms with Gasteiger partial charge >= 0.3 is 0 Å². The Labute approximate surface area is 181 Å². The molecule has 0 amide bonds. The van der Waals surface area contributed by atoms with Crippen LogP contribution >= 0.6 is 0 Å². The summed E-state index contributed by atoms with van der Waals surface area (Å²) in [6.45, 7) is 3.13. The number of methoxy groups -OCH3 is 2. The molecule has 0 bridgehead atoms. The number of hydrogen-bond donors (Lipinski definition) is 0. The average molecular weight is 416 g/mol. The highest BCUT2D eigenvalue weighted by Gasteiger charge is 2.24. The lowest BCUT2D eigenvalue weighted by atomic mass is 10.2. The number of benzene rings is 2. The van der Waals surface area contributed by atoms with E-state index in [1.54, 1.807) is 20.3 Å². The Kier molecular flexibility index (Phi) is 6.08. The van der Waals surface area contributed by atoms with E-state index in [-0.39, 0.29) is 0 Å². The third-order valence-corrected chi connectivity index (χ3v) is 5.28. The number of piperazine rings is 1. The lowest BCUT2D eigenvalue weighted by molar-refractivity contribution is 0.414. The molecule has 2 heterocycles. The molecule has 1 aliphatic heterocycles. The molecule has 0 atom stereocenters. The molecule has 0 spiro atoms. The van der Waals surface area contributed by atoms with Crippen molar-refractivity contribution in [2.45, 2.75) is 0 Å². The maximum Gasteiger partial charge on any atom is 0.235 e. The smallest absolute Gasteiger partial charge is 0.235 e. The minimum Gasteiger partial charge on any atom is -0.497 e. The number of aromatic nitrogens is 1.